The molecule has 218 valence electrons. The number of hydrogen-bond donors (Lipinski definition) is 3. The van der Waals surface area contributed by atoms with Crippen LogP contribution >= 0.6 is 0 Å². The van der Waals surface area contributed by atoms with Gasteiger partial charge < -0.3 is 34.3 Å². The third kappa shape index (κ3) is 29.6. The molecular weight excluding hydrogens is 488 g/mol. The van der Waals surface area contributed by atoms with Crippen LogP contribution in [0.2, 0.25) is 0 Å². The first-order valence-corrected chi connectivity index (χ1v) is 13.1. The molecule has 1 fully saturated rings. The zero-order valence-corrected chi connectivity index (χ0v) is 23.1. The van der Waals surface area contributed by atoms with E-state index in [0.717, 1.165) is 32.0 Å². The van der Waals surface area contributed by atoms with Crippen molar-refractivity contribution < 1.29 is 53.5 Å². The van der Waals surface area contributed by atoms with Crippen molar-refractivity contribution in [3.05, 3.63) is 0 Å². The molecule has 0 radical (unpaired) electrons. The molecule has 1 aliphatic rings. The van der Waals surface area contributed by atoms with E-state index in [2.05, 4.69) is 0 Å². The van der Waals surface area contributed by atoms with Crippen molar-refractivity contribution in [1.82, 2.24) is 0 Å². The lowest BCUT2D eigenvalue weighted by atomic mass is 10.1. The van der Waals surface area contributed by atoms with Crippen LogP contribution in [0, 0.1) is 0 Å². The van der Waals surface area contributed by atoms with Gasteiger partial charge in [0.15, 0.2) is 0 Å². The van der Waals surface area contributed by atoms with Gasteiger partial charge in [0.2, 0.25) is 6.29 Å². The van der Waals surface area contributed by atoms with Gasteiger partial charge in [-0.05, 0) is 32.1 Å². The number of aliphatic hydroxyl groups is 1. The third-order valence-electron chi connectivity index (χ3n) is 4.33. The Kier molecular flexibility index (Phi) is 29.6. The van der Waals surface area contributed by atoms with Gasteiger partial charge in [-0.15, -0.1) is 0 Å². The molecule has 1 heterocycles. The number of carbonyl (C=O) groups is 5. The van der Waals surface area contributed by atoms with Gasteiger partial charge in [-0.1, -0.05) is 34.6 Å². The highest BCUT2D eigenvalue weighted by Crippen LogP contribution is 2.24. The predicted octanol–water partition coefficient (Wildman–Crippen LogP) is 4.27. The fourth-order valence-electron chi connectivity index (χ4n) is 2.62. The van der Waals surface area contributed by atoms with Crippen molar-refractivity contribution in [1.29, 1.82) is 0 Å². The highest BCUT2D eigenvalue weighted by molar-refractivity contribution is 5.70. The summed E-state index contributed by atoms with van der Waals surface area (Å²) in [6.45, 7) is 9.26. The molecule has 0 aromatic heterocycles. The van der Waals surface area contributed by atoms with E-state index in [-0.39, 0.29) is 24.6 Å². The van der Waals surface area contributed by atoms with Crippen LogP contribution in [-0.4, -0.2) is 70.6 Å². The Balaban J connectivity index is -0.000000552. The Morgan fingerprint density at radius 3 is 1.51 bits per heavy atom. The average Bonchev–Trinajstić information content (AvgIpc) is 2.80. The number of aldehydes is 1. The Morgan fingerprint density at radius 2 is 1.22 bits per heavy atom. The fourth-order valence-corrected chi connectivity index (χ4v) is 2.62. The summed E-state index contributed by atoms with van der Waals surface area (Å²) in [4.78, 5) is 51.6. The Hall–Kier alpha value is -2.53. The zero-order chi connectivity index (χ0) is 29.1. The molecule has 0 amide bonds. The van der Waals surface area contributed by atoms with E-state index in [0.29, 0.717) is 51.4 Å². The quantitative estimate of drug-likeness (QED) is 0.226. The number of ether oxygens (including phenoxy) is 3. The summed E-state index contributed by atoms with van der Waals surface area (Å²) in [5.74, 6) is -2.03. The first-order valence-electron chi connectivity index (χ1n) is 13.1. The summed E-state index contributed by atoms with van der Waals surface area (Å²) < 4.78 is 15.9. The van der Waals surface area contributed by atoms with Crippen LogP contribution < -0.4 is 0 Å². The molecule has 11 nitrogen and oxygen atoms in total. The van der Waals surface area contributed by atoms with E-state index in [1.807, 2.05) is 34.6 Å². The van der Waals surface area contributed by atoms with E-state index < -0.39 is 24.3 Å². The minimum absolute atomic E-state index is 0.191. The third-order valence-corrected chi connectivity index (χ3v) is 4.33. The second-order valence-corrected chi connectivity index (χ2v) is 8.19. The Labute approximate surface area is 220 Å². The summed E-state index contributed by atoms with van der Waals surface area (Å²) in [6.07, 6.45) is 5.92. The first kappa shape index (κ1) is 39.0. The molecule has 0 spiro atoms. The minimum Gasteiger partial charge on any atom is -0.481 e. The van der Waals surface area contributed by atoms with Crippen molar-refractivity contribution in [2.45, 2.75) is 130 Å². The van der Waals surface area contributed by atoms with Crippen LogP contribution in [0.15, 0.2) is 0 Å². The molecule has 3 N–H and O–H groups in total. The number of carbonyl (C=O) groups excluding carboxylic acids is 3. The topological polar surface area (TPSA) is 174 Å². The zero-order valence-electron chi connectivity index (χ0n) is 23.1. The molecule has 0 aromatic carbocycles. The lowest BCUT2D eigenvalue weighted by molar-refractivity contribution is -0.225. The van der Waals surface area contributed by atoms with E-state index in [1.54, 1.807) is 0 Å². The molecular formula is C26H48O11. The molecule has 0 aromatic rings. The minimum atomic E-state index is -0.751. The number of esters is 2. The highest BCUT2D eigenvalue weighted by atomic mass is 16.7. The molecule has 3 atom stereocenters. The average molecular weight is 537 g/mol. The van der Waals surface area contributed by atoms with E-state index in [1.165, 1.54) is 0 Å². The van der Waals surface area contributed by atoms with Crippen molar-refractivity contribution in [3.63, 3.8) is 0 Å². The standard InChI is InChI=1S/C14H24O6.2C4H8O2.C4H8O/c1-3-5-12(16)18-10-7-11(9-15)19-14(8-10)20-13(17)6-4-2;2*1-2-3-4(5)6;1-2-3-4-5/h10-11,14-15H,3-9H2,1-2H3;2*2-3H2,1H3,(H,5,6);4H,2-3H2,1H3/t10-,11?,14?;;;/m0.../s1. The maximum Gasteiger partial charge on any atom is 0.308 e. The summed E-state index contributed by atoms with van der Waals surface area (Å²) >= 11 is 0. The summed E-state index contributed by atoms with van der Waals surface area (Å²) in [5.41, 5.74) is 0. The number of aliphatic hydroxyl groups excluding tert-OH is 1. The molecule has 37 heavy (non-hydrogen) atoms. The molecule has 2 unspecified atom stereocenters. The van der Waals surface area contributed by atoms with Crippen molar-refractivity contribution >= 4 is 30.2 Å². The maximum absolute atomic E-state index is 11.5. The van der Waals surface area contributed by atoms with E-state index in [9.17, 15) is 29.1 Å². The van der Waals surface area contributed by atoms with Crippen molar-refractivity contribution in [2.24, 2.45) is 0 Å². The number of aliphatic carboxylic acids is 2. The molecule has 1 rings (SSSR count). The van der Waals surface area contributed by atoms with Gasteiger partial charge in [-0.3, -0.25) is 19.2 Å². The monoisotopic (exact) mass is 536 g/mol. The molecule has 11 heteroatoms. The number of carboxylic acid groups (broad SMARTS) is 2. The second-order valence-electron chi connectivity index (χ2n) is 8.19. The van der Waals surface area contributed by atoms with Gasteiger partial charge in [0.05, 0.1) is 12.7 Å². The normalized spacial score (nSPS) is 17.7. The summed E-state index contributed by atoms with van der Waals surface area (Å²) in [6, 6.07) is 0. The molecule has 0 aliphatic carbocycles. The molecule has 0 bridgehead atoms. The molecule has 1 aliphatic heterocycles. The highest BCUT2D eigenvalue weighted by Gasteiger charge is 2.33. The van der Waals surface area contributed by atoms with Gasteiger partial charge >= 0.3 is 23.9 Å². The number of unbranched alkanes of at least 4 members (excludes halogenated alkanes) is 1. The largest absolute Gasteiger partial charge is 0.481 e. The van der Waals surface area contributed by atoms with Gasteiger partial charge in [0.1, 0.15) is 12.4 Å². The molecule has 1 saturated heterocycles. The van der Waals surface area contributed by atoms with Crippen LogP contribution in [-0.2, 0) is 38.2 Å². The van der Waals surface area contributed by atoms with E-state index in [4.69, 9.17) is 24.4 Å². The van der Waals surface area contributed by atoms with Gasteiger partial charge in [0, 0.05) is 44.9 Å². The lowest BCUT2D eigenvalue weighted by Gasteiger charge is -2.33. The van der Waals surface area contributed by atoms with Gasteiger partial charge in [0.25, 0.3) is 0 Å². The summed E-state index contributed by atoms with van der Waals surface area (Å²) in [5, 5.41) is 25.0. The van der Waals surface area contributed by atoms with Crippen molar-refractivity contribution in [2.75, 3.05) is 6.61 Å². The van der Waals surface area contributed by atoms with Crippen LogP contribution in [0.3, 0.4) is 0 Å². The van der Waals surface area contributed by atoms with Gasteiger partial charge in [-0.2, -0.15) is 0 Å². The summed E-state index contributed by atoms with van der Waals surface area (Å²) in [7, 11) is 0. The lowest BCUT2D eigenvalue weighted by Crippen LogP contribution is -2.41. The van der Waals surface area contributed by atoms with Crippen LogP contribution in [0.25, 0.3) is 0 Å². The predicted molar refractivity (Wildman–Crippen MR) is 137 cm³/mol. The van der Waals surface area contributed by atoms with Gasteiger partial charge in [-0.25, -0.2) is 0 Å². The van der Waals surface area contributed by atoms with Crippen LogP contribution in [0.5, 0.6) is 0 Å². The number of rotatable bonds is 13. The van der Waals surface area contributed by atoms with Crippen LogP contribution in [0.1, 0.15) is 112 Å². The Morgan fingerprint density at radius 1 is 0.757 bits per heavy atom. The van der Waals surface area contributed by atoms with E-state index >= 15 is 0 Å². The fraction of sp³-hybridized carbons (Fsp3) is 0.808. The maximum atomic E-state index is 11.5. The SMILES string of the molecule is CCCC(=O)O.CCCC(=O)O.CCCC(=O)OC1C[C@@H](OC(=O)CCC)CC(CO)O1.CCCC=O. The first-order chi connectivity index (χ1) is 17.5. The smallest absolute Gasteiger partial charge is 0.308 e. The Bertz CT molecular complexity index is 563. The van der Waals surface area contributed by atoms with Crippen LogP contribution in [0.4, 0.5) is 0 Å². The second kappa shape index (κ2) is 28.0. The molecule has 0 saturated carbocycles. The number of hydrogen-bond acceptors (Lipinski definition) is 9. The van der Waals surface area contributed by atoms with Crippen molar-refractivity contribution in [3.8, 4) is 0 Å². The number of carboxylic acids is 2.